The number of nitrogens with one attached hydrogen (secondary N) is 2. The molecular formula is C19H20FN7O2S. The molecule has 0 atom stereocenters. The van der Waals surface area contributed by atoms with Crippen LogP contribution in [0.15, 0.2) is 58.8 Å². The molecule has 0 aliphatic heterocycles. The topological polar surface area (TPSA) is 119 Å². The second-order valence-electron chi connectivity index (χ2n) is 6.06. The smallest absolute Gasteiger partial charge is 0.264 e. The second-order valence-corrected chi connectivity index (χ2v) is 7.00. The molecule has 9 nitrogen and oxygen atoms in total. The summed E-state index contributed by atoms with van der Waals surface area (Å²) >= 11 is 1.13. The number of hydrogen-bond donors (Lipinski definition) is 3. The fourth-order valence-electron chi connectivity index (χ4n) is 2.37. The van der Waals surface area contributed by atoms with Crippen molar-refractivity contribution >= 4 is 35.0 Å². The molecule has 0 radical (unpaired) electrons. The number of rotatable bonds is 8. The van der Waals surface area contributed by atoms with Gasteiger partial charge >= 0.3 is 0 Å². The van der Waals surface area contributed by atoms with Crippen LogP contribution in [0.5, 0.6) is 5.75 Å². The summed E-state index contributed by atoms with van der Waals surface area (Å²) < 4.78 is 19.3. The summed E-state index contributed by atoms with van der Waals surface area (Å²) in [5.74, 6) is 6.36. The number of carbonyl (C=O) groups excluding carboxylic acids is 1. The van der Waals surface area contributed by atoms with Crippen molar-refractivity contribution in [2.24, 2.45) is 5.10 Å². The van der Waals surface area contributed by atoms with Crippen LogP contribution in [0.4, 0.5) is 16.0 Å². The molecular weight excluding hydrogens is 409 g/mol. The number of nitrogens with two attached hydrogens (primary N) is 1. The Labute approximate surface area is 176 Å². The molecule has 30 heavy (non-hydrogen) atoms. The van der Waals surface area contributed by atoms with Crippen LogP contribution in [0, 0.1) is 5.82 Å². The molecule has 4 N–H and O–H groups in total. The lowest BCUT2D eigenvalue weighted by atomic mass is 10.1. The minimum Gasteiger partial charge on any atom is -0.497 e. The molecule has 3 aromatic rings. The highest BCUT2D eigenvalue weighted by Gasteiger charge is 2.12. The zero-order valence-corrected chi connectivity index (χ0v) is 17.1. The Balaban J connectivity index is 1.56. The molecule has 0 spiro atoms. The van der Waals surface area contributed by atoms with E-state index in [0.717, 1.165) is 17.3 Å². The highest BCUT2D eigenvalue weighted by atomic mass is 32.2. The molecule has 1 amide bonds. The molecule has 1 aromatic heterocycles. The van der Waals surface area contributed by atoms with Gasteiger partial charge in [0.05, 0.1) is 18.6 Å². The number of nitrogen functional groups attached to an aromatic ring is 1. The van der Waals surface area contributed by atoms with Gasteiger partial charge in [-0.05, 0) is 36.8 Å². The van der Waals surface area contributed by atoms with Crippen molar-refractivity contribution in [3.63, 3.8) is 0 Å². The summed E-state index contributed by atoms with van der Waals surface area (Å²) in [6.45, 7) is 1.76. The Hall–Kier alpha value is -3.60. The van der Waals surface area contributed by atoms with Crippen molar-refractivity contribution in [1.29, 1.82) is 0 Å². The minimum atomic E-state index is -0.321. The van der Waals surface area contributed by atoms with Gasteiger partial charge in [-0.3, -0.25) is 4.79 Å². The predicted molar refractivity (Wildman–Crippen MR) is 115 cm³/mol. The SMILES string of the molecule is COc1cccc(NC(=O)CSc2nnc(N/N=C(\C)c3ccc(F)cc3)n2N)c1. The molecule has 0 bridgehead atoms. The summed E-state index contributed by atoms with van der Waals surface area (Å²) in [6.07, 6.45) is 0. The number of thioether (sulfide) groups is 1. The highest BCUT2D eigenvalue weighted by Crippen LogP contribution is 2.19. The number of amides is 1. The van der Waals surface area contributed by atoms with Gasteiger partial charge in [0.15, 0.2) is 0 Å². The van der Waals surface area contributed by atoms with Crippen LogP contribution in [-0.4, -0.2) is 39.4 Å². The predicted octanol–water partition coefficient (Wildman–Crippen LogP) is 2.71. The third-order valence-electron chi connectivity index (χ3n) is 3.94. The first-order chi connectivity index (χ1) is 14.5. The van der Waals surface area contributed by atoms with Gasteiger partial charge in [0.2, 0.25) is 11.1 Å². The van der Waals surface area contributed by atoms with E-state index in [9.17, 15) is 9.18 Å². The summed E-state index contributed by atoms with van der Waals surface area (Å²) in [5, 5.41) is 15.2. The normalized spacial score (nSPS) is 11.2. The molecule has 0 fully saturated rings. The van der Waals surface area contributed by atoms with Crippen LogP contribution in [0.2, 0.25) is 0 Å². The van der Waals surface area contributed by atoms with E-state index >= 15 is 0 Å². The Morgan fingerprint density at radius 2 is 2.03 bits per heavy atom. The second kappa shape index (κ2) is 9.74. The van der Waals surface area contributed by atoms with Gasteiger partial charge in [-0.25, -0.2) is 14.5 Å². The zero-order chi connectivity index (χ0) is 21.5. The van der Waals surface area contributed by atoms with Gasteiger partial charge in [0, 0.05) is 11.8 Å². The molecule has 0 aliphatic carbocycles. The van der Waals surface area contributed by atoms with Gasteiger partial charge in [0.25, 0.3) is 5.95 Å². The number of halogens is 1. The number of hydrogen-bond acceptors (Lipinski definition) is 8. The van der Waals surface area contributed by atoms with E-state index in [-0.39, 0.29) is 23.4 Å². The molecule has 1 heterocycles. The molecule has 0 aliphatic rings. The van der Waals surface area contributed by atoms with Crippen molar-refractivity contribution < 1.29 is 13.9 Å². The quantitative estimate of drug-likeness (QED) is 0.218. The van der Waals surface area contributed by atoms with Crippen LogP contribution < -0.4 is 21.3 Å². The van der Waals surface area contributed by atoms with E-state index in [1.165, 1.54) is 16.8 Å². The number of hydrazone groups is 1. The van der Waals surface area contributed by atoms with Gasteiger partial charge in [-0.2, -0.15) is 5.10 Å². The Kier molecular flexibility index (Phi) is 6.86. The third kappa shape index (κ3) is 5.47. The zero-order valence-electron chi connectivity index (χ0n) is 16.3. The van der Waals surface area contributed by atoms with E-state index < -0.39 is 0 Å². The minimum absolute atomic E-state index is 0.0877. The average molecular weight is 429 g/mol. The number of nitrogens with zero attached hydrogens (tertiary/aromatic N) is 4. The maximum atomic E-state index is 13.0. The number of ether oxygens (including phenoxy) is 1. The first kappa shape index (κ1) is 21.1. The fraction of sp³-hybridized carbons (Fsp3) is 0.158. The molecule has 0 unspecified atom stereocenters. The fourth-order valence-corrected chi connectivity index (χ4v) is 3.03. The lowest BCUT2D eigenvalue weighted by Crippen LogP contribution is -2.17. The van der Waals surface area contributed by atoms with E-state index in [1.807, 2.05) is 0 Å². The first-order valence-electron chi connectivity index (χ1n) is 8.79. The number of carbonyl (C=O) groups is 1. The molecule has 11 heteroatoms. The van der Waals surface area contributed by atoms with E-state index in [2.05, 4.69) is 26.0 Å². The van der Waals surface area contributed by atoms with E-state index in [0.29, 0.717) is 22.3 Å². The van der Waals surface area contributed by atoms with E-state index in [1.54, 1.807) is 50.4 Å². The monoisotopic (exact) mass is 429 g/mol. The van der Waals surface area contributed by atoms with Crippen LogP contribution in [0.25, 0.3) is 0 Å². The van der Waals surface area contributed by atoms with Crippen molar-refractivity contribution in [3.05, 3.63) is 59.9 Å². The Morgan fingerprint density at radius 3 is 2.77 bits per heavy atom. The number of methoxy groups -OCH3 is 1. The summed E-state index contributed by atoms with van der Waals surface area (Å²) in [6, 6.07) is 13.0. The lowest BCUT2D eigenvalue weighted by molar-refractivity contribution is -0.113. The van der Waals surface area contributed by atoms with Gasteiger partial charge in [-0.1, -0.05) is 30.0 Å². The van der Waals surface area contributed by atoms with Crippen LogP contribution in [0.3, 0.4) is 0 Å². The van der Waals surface area contributed by atoms with Crippen molar-refractivity contribution in [2.45, 2.75) is 12.1 Å². The highest BCUT2D eigenvalue weighted by molar-refractivity contribution is 7.99. The lowest BCUT2D eigenvalue weighted by Gasteiger charge is -2.07. The van der Waals surface area contributed by atoms with Crippen molar-refractivity contribution in [2.75, 3.05) is 29.4 Å². The van der Waals surface area contributed by atoms with Gasteiger partial charge in [0.1, 0.15) is 11.6 Å². The number of aromatic nitrogens is 3. The summed E-state index contributed by atoms with van der Waals surface area (Å²) in [4.78, 5) is 12.2. The molecule has 2 aromatic carbocycles. The van der Waals surface area contributed by atoms with Crippen LogP contribution in [-0.2, 0) is 4.79 Å². The van der Waals surface area contributed by atoms with Gasteiger partial charge < -0.3 is 15.9 Å². The third-order valence-corrected chi connectivity index (χ3v) is 4.88. The van der Waals surface area contributed by atoms with E-state index in [4.69, 9.17) is 10.6 Å². The van der Waals surface area contributed by atoms with Crippen LogP contribution >= 0.6 is 11.8 Å². The average Bonchev–Trinajstić information content (AvgIpc) is 3.10. The largest absolute Gasteiger partial charge is 0.497 e. The van der Waals surface area contributed by atoms with Crippen LogP contribution in [0.1, 0.15) is 12.5 Å². The standard InChI is InChI=1S/C19H20FN7O2S/c1-12(13-6-8-14(20)9-7-13)23-24-18-25-26-19(27(18)21)30-11-17(28)22-15-4-3-5-16(10-15)29-2/h3-10H,11,21H2,1-2H3,(H,22,28)(H,24,25)/b23-12+. The number of anilines is 2. The summed E-state index contributed by atoms with van der Waals surface area (Å²) in [7, 11) is 1.56. The maximum absolute atomic E-state index is 13.0. The molecule has 3 rings (SSSR count). The molecule has 0 saturated heterocycles. The van der Waals surface area contributed by atoms with Crippen molar-refractivity contribution in [1.82, 2.24) is 14.9 Å². The summed E-state index contributed by atoms with van der Waals surface area (Å²) in [5.41, 5.74) is 4.71. The Morgan fingerprint density at radius 1 is 1.27 bits per heavy atom. The number of benzene rings is 2. The Bertz CT molecular complexity index is 1050. The van der Waals surface area contributed by atoms with Crippen molar-refractivity contribution in [3.8, 4) is 5.75 Å². The van der Waals surface area contributed by atoms with Gasteiger partial charge in [-0.15, -0.1) is 10.2 Å². The molecule has 156 valence electrons. The maximum Gasteiger partial charge on any atom is 0.264 e. The first-order valence-corrected chi connectivity index (χ1v) is 9.78. The molecule has 0 saturated carbocycles.